The number of thiazole rings is 1. The van der Waals surface area contributed by atoms with Crippen molar-refractivity contribution in [3.8, 4) is 0 Å². The number of amides is 2. The lowest BCUT2D eigenvalue weighted by atomic mass is 9.99. The number of rotatable bonds is 4. The van der Waals surface area contributed by atoms with E-state index < -0.39 is 22.5 Å². The summed E-state index contributed by atoms with van der Waals surface area (Å²) >= 11 is 1.15. The minimum Gasteiger partial charge on any atom is -0.289 e. The van der Waals surface area contributed by atoms with Crippen molar-refractivity contribution in [1.29, 1.82) is 0 Å². The van der Waals surface area contributed by atoms with Gasteiger partial charge in [-0.2, -0.15) is 0 Å². The molecular weight excluding hydrogens is 370 g/mol. The normalized spacial score (nSPS) is 13.0. The molecule has 132 valence electrons. The number of hydrogen-bond donors (Lipinski definition) is 0. The zero-order chi connectivity index (χ0) is 19.1. The van der Waals surface area contributed by atoms with E-state index in [4.69, 9.17) is 0 Å². The number of fused-ring (bicyclic) bond motifs is 1. The number of non-ortho nitro benzene ring substituents is 1. The number of carbonyl (C=O) groups excluding carboxylic acids is 3. The highest BCUT2D eigenvalue weighted by Crippen LogP contribution is 2.30. The molecule has 0 unspecified atom stereocenters. The Morgan fingerprint density at radius 3 is 2.48 bits per heavy atom. The Morgan fingerprint density at radius 2 is 1.78 bits per heavy atom. The van der Waals surface area contributed by atoms with E-state index in [2.05, 4.69) is 4.98 Å². The number of aromatic nitrogens is 1. The maximum absolute atomic E-state index is 12.7. The Labute approximate surface area is 155 Å². The fourth-order valence-corrected chi connectivity index (χ4v) is 3.45. The predicted octanol–water partition coefficient (Wildman–Crippen LogP) is 3.08. The molecule has 1 aliphatic heterocycles. The van der Waals surface area contributed by atoms with Gasteiger partial charge in [0.2, 0.25) is 0 Å². The van der Waals surface area contributed by atoms with Gasteiger partial charge in [0.25, 0.3) is 17.5 Å². The van der Waals surface area contributed by atoms with E-state index in [0.717, 1.165) is 16.2 Å². The second kappa shape index (κ2) is 6.22. The van der Waals surface area contributed by atoms with Crippen LogP contribution in [0.15, 0.2) is 54.0 Å². The van der Waals surface area contributed by atoms with Crippen molar-refractivity contribution in [3.05, 3.63) is 86.4 Å². The van der Waals surface area contributed by atoms with E-state index in [0.29, 0.717) is 0 Å². The topological polar surface area (TPSA) is 110 Å². The molecule has 0 fully saturated rings. The number of imide groups is 1. The monoisotopic (exact) mass is 379 g/mol. The Kier molecular flexibility index (Phi) is 3.85. The van der Waals surface area contributed by atoms with E-state index in [1.807, 2.05) is 0 Å². The molecule has 1 aromatic heterocycles. The van der Waals surface area contributed by atoms with Crippen LogP contribution in [0.3, 0.4) is 0 Å². The molecule has 8 nitrogen and oxygen atoms in total. The van der Waals surface area contributed by atoms with Gasteiger partial charge in [0.15, 0.2) is 10.9 Å². The van der Waals surface area contributed by atoms with E-state index in [9.17, 15) is 24.5 Å². The Bertz CT molecular complexity index is 1120. The molecule has 1 aliphatic rings. The van der Waals surface area contributed by atoms with Crippen molar-refractivity contribution in [2.45, 2.75) is 0 Å². The zero-order valence-corrected chi connectivity index (χ0v) is 14.3. The minimum absolute atomic E-state index is 0.103. The van der Waals surface area contributed by atoms with Crippen LogP contribution in [0.1, 0.15) is 36.6 Å². The first-order chi connectivity index (χ1) is 13.0. The molecule has 0 bridgehead atoms. The number of benzene rings is 2. The first kappa shape index (κ1) is 16.7. The van der Waals surface area contributed by atoms with Crippen LogP contribution in [0.2, 0.25) is 0 Å². The summed E-state index contributed by atoms with van der Waals surface area (Å²) in [6.45, 7) is 0. The van der Waals surface area contributed by atoms with Gasteiger partial charge in [-0.25, -0.2) is 9.88 Å². The van der Waals surface area contributed by atoms with Gasteiger partial charge in [0.1, 0.15) is 0 Å². The standard InChI is InChI=1S/C18H9N3O5S/c22-15(10-2-1-3-12(8-10)21(25)26)11-4-5-13-14(9-11)17(24)20(16(13)23)18-19-6-7-27-18/h1-9H. The molecule has 27 heavy (non-hydrogen) atoms. The second-order valence-electron chi connectivity index (χ2n) is 5.66. The number of nitrogens with zero attached hydrogens (tertiary/aromatic N) is 3. The molecule has 2 heterocycles. The Morgan fingerprint density at radius 1 is 1.04 bits per heavy atom. The number of carbonyl (C=O) groups is 3. The summed E-state index contributed by atoms with van der Waals surface area (Å²) in [5, 5.41) is 12.8. The molecule has 0 spiro atoms. The van der Waals surface area contributed by atoms with Crippen LogP contribution in [0, 0.1) is 10.1 Å². The minimum atomic E-state index is -0.590. The molecule has 2 aromatic carbocycles. The highest BCUT2D eigenvalue weighted by atomic mass is 32.1. The highest BCUT2D eigenvalue weighted by Gasteiger charge is 2.38. The largest absolute Gasteiger partial charge is 0.289 e. The van der Waals surface area contributed by atoms with Crippen molar-refractivity contribution in [3.63, 3.8) is 0 Å². The molecule has 2 amide bonds. The quantitative estimate of drug-likeness (QED) is 0.298. The van der Waals surface area contributed by atoms with Gasteiger partial charge in [0, 0.05) is 34.8 Å². The lowest BCUT2D eigenvalue weighted by molar-refractivity contribution is -0.384. The van der Waals surface area contributed by atoms with Gasteiger partial charge in [-0.3, -0.25) is 24.5 Å². The number of nitro benzene ring substituents is 1. The van der Waals surface area contributed by atoms with Crippen LogP contribution < -0.4 is 4.90 Å². The first-order valence-electron chi connectivity index (χ1n) is 7.69. The van der Waals surface area contributed by atoms with E-state index in [-0.39, 0.29) is 33.1 Å². The fraction of sp³-hybridized carbons (Fsp3) is 0. The number of ketones is 1. The molecule has 9 heteroatoms. The SMILES string of the molecule is O=C(c1cccc([N+](=O)[O-])c1)c1ccc2c(c1)C(=O)N(c1nccs1)C2=O. The lowest BCUT2D eigenvalue weighted by Gasteiger charge is -2.08. The zero-order valence-electron chi connectivity index (χ0n) is 13.5. The average Bonchev–Trinajstić information content (AvgIpc) is 3.28. The lowest BCUT2D eigenvalue weighted by Crippen LogP contribution is -2.29. The average molecular weight is 379 g/mol. The molecule has 0 aliphatic carbocycles. The summed E-state index contributed by atoms with van der Waals surface area (Å²) < 4.78 is 0. The molecule has 4 rings (SSSR count). The smallest absolute Gasteiger partial charge is 0.270 e. The van der Waals surface area contributed by atoms with Crippen LogP contribution in [0.5, 0.6) is 0 Å². The first-order valence-corrected chi connectivity index (χ1v) is 8.57. The maximum Gasteiger partial charge on any atom is 0.270 e. The third-order valence-electron chi connectivity index (χ3n) is 4.08. The summed E-state index contributed by atoms with van der Waals surface area (Å²) in [4.78, 5) is 53.1. The van der Waals surface area contributed by atoms with E-state index in [1.165, 1.54) is 48.7 Å². The molecule has 3 aromatic rings. The van der Waals surface area contributed by atoms with Gasteiger partial charge in [0.05, 0.1) is 16.1 Å². The van der Waals surface area contributed by atoms with Crippen molar-refractivity contribution >= 4 is 39.8 Å². The Hall–Kier alpha value is -3.72. The van der Waals surface area contributed by atoms with Crippen LogP contribution in [-0.4, -0.2) is 27.5 Å². The van der Waals surface area contributed by atoms with E-state index in [1.54, 1.807) is 5.38 Å². The van der Waals surface area contributed by atoms with Crippen LogP contribution in [0.4, 0.5) is 10.8 Å². The molecular formula is C18H9N3O5S. The molecule has 0 saturated heterocycles. The van der Waals surface area contributed by atoms with Gasteiger partial charge < -0.3 is 0 Å². The van der Waals surface area contributed by atoms with E-state index >= 15 is 0 Å². The van der Waals surface area contributed by atoms with Gasteiger partial charge in [-0.05, 0) is 12.1 Å². The van der Waals surface area contributed by atoms with Crippen LogP contribution >= 0.6 is 11.3 Å². The van der Waals surface area contributed by atoms with Crippen molar-refractivity contribution in [2.24, 2.45) is 0 Å². The third-order valence-corrected chi connectivity index (χ3v) is 4.84. The van der Waals surface area contributed by atoms with Crippen molar-refractivity contribution < 1.29 is 19.3 Å². The summed E-state index contributed by atoms with van der Waals surface area (Å²) in [6.07, 6.45) is 1.49. The van der Waals surface area contributed by atoms with Crippen molar-refractivity contribution in [2.75, 3.05) is 4.90 Å². The van der Waals surface area contributed by atoms with Crippen LogP contribution in [-0.2, 0) is 0 Å². The molecule has 0 N–H and O–H groups in total. The van der Waals surface area contributed by atoms with Crippen molar-refractivity contribution in [1.82, 2.24) is 4.98 Å². The summed E-state index contributed by atoms with van der Waals surface area (Å²) in [6, 6.07) is 9.50. The van der Waals surface area contributed by atoms with Crippen LogP contribution in [0.25, 0.3) is 0 Å². The summed E-state index contributed by atoms with van der Waals surface area (Å²) in [5.41, 5.74) is 0.370. The number of nitro groups is 1. The third kappa shape index (κ3) is 2.70. The van der Waals surface area contributed by atoms with Gasteiger partial charge >= 0.3 is 0 Å². The van der Waals surface area contributed by atoms with Gasteiger partial charge in [-0.1, -0.05) is 18.2 Å². The highest BCUT2D eigenvalue weighted by molar-refractivity contribution is 7.14. The van der Waals surface area contributed by atoms with Gasteiger partial charge in [-0.15, -0.1) is 11.3 Å². The summed E-state index contributed by atoms with van der Waals surface area (Å²) in [5.74, 6) is -1.53. The Balaban J connectivity index is 1.72. The maximum atomic E-state index is 12.7. The molecule has 0 atom stereocenters. The fourth-order valence-electron chi connectivity index (χ4n) is 2.81. The number of anilines is 1. The predicted molar refractivity (Wildman–Crippen MR) is 96.2 cm³/mol. The second-order valence-corrected chi connectivity index (χ2v) is 6.53. The molecule has 0 saturated carbocycles. The molecule has 0 radical (unpaired) electrons. The number of hydrogen-bond acceptors (Lipinski definition) is 7. The summed E-state index contributed by atoms with van der Waals surface area (Å²) in [7, 11) is 0.